The lowest BCUT2D eigenvalue weighted by atomic mass is 9.98. The van der Waals surface area contributed by atoms with Crippen LogP contribution >= 0.6 is 0 Å². The van der Waals surface area contributed by atoms with Crippen LogP contribution < -0.4 is 5.73 Å². The second-order valence-electron chi connectivity index (χ2n) is 4.19. The number of halogens is 1. The molecular formula is C15H14FNO. The molecule has 0 bridgehead atoms. The first-order valence-electron chi connectivity index (χ1n) is 5.71. The van der Waals surface area contributed by atoms with Crippen LogP contribution in [0, 0.1) is 12.7 Å². The monoisotopic (exact) mass is 243 g/mol. The maximum absolute atomic E-state index is 13.2. The molecule has 2 aromatic carbocycles. The number of hydrogen-bond acceptors (Lipinski definition) is 2. The Morgan fingerprint density at radius 1 is 1.17 bits per heavy atom. The van der Waals surface area contributed by atoms with Crippen LogP contribution in [0.15, 0.2) is 42.5 Å². The molecule has 0 aromatic heterocycles. The highest BCUT2D eigenvalue weighted by molar-refractivity contribution is 6.09. The topological polar surface area (TPSA) is 43.1 Å². The van der Waals surface area contributed by atoms with Gasteiger partial charge in [-0.1, -0.05) is 30.3 Å². The number of hydrogen-bond donors (Lipinski definition) is 1. The van der Waals surface area contributed by atoms with Gasteiger partial charge < -0.3 is 5.73 Å². The van der Waals surface area contributed by atoms with Gasteiger partial charge in [0, 0.05) is 17.7 Å². The summed E-state index contributed by atoms with van der Waals surface area (Å²) in [5, 5.41) is 0. The second-order valence-corrected chi connectivity index (χ2v) is 4.19. The molecule has 0 radical (unpaired) electrons. The van der Waals surface area contributed by atoms with Crippen molar-refractivity contribution < 1.29 is 9.18 Å². The van der Waals surface area contributed by atoms with Gasteiger partial charge in [-0.05, 0) is 30.2 Å². The van der Waals surface area contributed by atoms with Gasteiger partial charge in [0.05, 0.1) is 0 Å². The Labute approximate surface area is 105 Å². The summed E-state index contributed by atoms with van der Waals surface area (Å²) in [5.74, 6) is -0.571. The normalized spacial score (nSPS) is 10.4. The summed E-state index contributed by atoms with van der Waals surface area (Å²) >= 11 is 0. The maximum Gasteiger partial charge on any atom is 0.193 e. The number of carbonyl (C=O) groups is 1. The van der Waals surface area contributed by atoms with Gasteiger partial charge in [0.15, 0.2) is 5.78 Å². The Bertz CT molecular complexity index is 576. The fourth-order valence-electron chi connectivity index (χ4n) is 1.79. The molecule has 0 aliphatic heterocycles. The first-order chi connectivity index (χ1) is 8.61. The maximum atomic E-state index is 13.2. The number of rotatable bonds is 3. The van der Waals surface area contributed by atoms with Crippen LogP contribution in [0.3, 0.4) is 0 Å². The summed E-state index contributed by atoms with van der Waals surface area (Å²) in [5.41, 5.74) is 8.17. The fourth-order valence-corrected chi connectivity index (χ4v) is 1.79. The molecule has 3 heteroatoms. The SMILES string of the molecule is Cc1ccc(F)cc1C(=O)c1ccc(CN)cc1. The van der Waals surface area contributed by atoms with E-state index in [4.69, 9.17) is 5.73 Å². The Morgan fingerprint density at radius 2 is 1.83 bits per heavy atom. The van der Waals surface area contributed by atoms with Crippen molar-refractivity contribution in [3.8, 4) is 0 Å². The molecule has 92 valence electrons. The summed E-state index contributed by atoms with van der Waals surface area (Å²) in [7, 11) is 0. The third-order valence-electron chi connectivity index (χ3n) is 2.90. The second kappa shape index (κ2) is 5.10. The minimum atomic E-state index is -0.400. The van der Waals surface area contributed by atoms with Crippen molar-refractivity contribution in [2.75, 3.05) is 0 Å². The molecule has 0 saturated carbocycles. The molecule has 18 heavy (non-hydrogen) atoms. The molecule has 0 saturated heterocycles. The van der Waals surface area contributed by atoms with Crippen molar-refractivity contribution in [1.82, 2.24) is 0 Å². The molecule has 2 aromatic rings. The molecule has 2 rings (SSSR count). The lowest BCUT2D eigenvalue weighted by Crippen LogP contribution is -2.05. The van der Waals surface area contributed by atoms with E-state index in [2.05, 4.69) is 0 Å². The van der Waals surface area contributed by atoms with E-state index in [9.17, 15) is 9.18 Å². The van der Waals surface area contributed by atoms with E-state index in [1.54, 1.807) is 25.1 Å². The highest BCUT2D eigenvalue weighted by Crippen LogP contribution is 2.16. The van der Waals surface area contributed by atoms with Gasteiger partial charge in [-0.15, -0.1) is 0 Å². The number of aryl methyl sites for hydroxylation is 1. The molecule has 0 unspecified atom stereocenters. The number of benzene rings is 2. The van der Waals surface area contributed by atoms with Crippen LogP contribution in [0.2, 0.25) is 0 Å². The van der Waals surface area contributed by atoms with Crippen LogP contribution in [0.4, 0.5) is 4.39 Å². The number of carbonyl (C=O) groups excluding carboxylic acids is 1. The zero-order valence-electron chi connectivity index (χ0n) is 10.1. The van der Waals surface area contributed by atoms with Gasteiger partial charge in [0.2, 0.25) is 0 Å². The van der Waals surface area contributed by atoms with E-state index < -0.39 is 5.82 Å². The Balaban J connectivity index is 2.38. The van der Waals surface area contributed by atoms with Crippen LogP contribution in [0.1, 0.15) is 27.0 Å². The van der Waals surface area contributed by atoms with E-state index in [1.807, 2.05) is 12.1 Å². The quantitative estimate of drug-likeness (QED) is 0.842. The van der Waals surface area contributed by atoms with Crippen molar-refractivity contribution in [2.45, 2.75) is 13.5 Å². The predicted octanol–water partition coefficient (Wildman–Crippen LogP) is 2.82. The average Bonchev–Trinajstić information content (AvgIpc) is 2.41. The van der Waals surface area contributed by atoms with Gasteiger partial charge in [-0.25, -0.2) is 4.39 Å². The molecule has 0 heterocycles. The lowest BCUT2D eigenvalue weighted by Gasteiger charge is -2.06. The van der Waals surface area contributed by atoms with E-state index in [0.717, 1.165) is 11.1 Å². The standard InChI is InChI=1S/C15H14FNO/c1-10-2-7-13(16)8-14(10)15(18)12-5-3-11(9-17)4-6-12/h2-8H,9,17H2,1H3. The van der Waals surface area contributed by atoms with Crippen molar-refractivity contribution in [1.29, 1.82) is 0 Å². The Morgan fingerprint density at radius 3 is 2.44 bits per heavy atom. The molecule has 2 nitrogen and oxygen atoms in total. The third-order valence-corrected chi connectivity index (χ3v) is 2.90. The van der Waals surface area contributed by atoms with Gasteiger partial charge >= 0.3 is 0 Å². The van der Waals surface area contributed by atoms with Gasteiger partial charge in [0.25, 0.3) is 0 Å². The van der Waals surface area contributed by atoms with Gasteiger partial charge in [-0.3, -0.25) is 4.79 Å². The molecule has 0 spiro atoms. The largest absolute Gasteiger partial charge is 0.326 e. The lowest BCUT2D eigenvalue weighted by molar-refractivity contribution is 0.103. The molecular weight excluding hydrogens is 229 g/mol. The zero-order chi connectivity index (χ0) is 13.1. The van der Waals surface area contributed by atoms with Gasteiger partial charge in [-0.2, -0.15) is 0 Å². The van der Waals surface area contributed by atoms with Crippen molar-refractivity contribution >= 4 is 5.78 Å². The summed E-state index contributed by atoms with van der Waals surface area (Å²) in [6.45, 7) is 2.23. The van der Waals surface area contributed by atoms with Crippen LogP contribution in [0.25, 0.3) is 0 Å². The minimum Gasteiger partial charge on any atom is -0.326 e. The first-order valence-corrected chi connectivity index (χ1v) is 5.71. The van der Waals surface area contributed by atoms with Crippen molar-refractivity contribution in [3.05, 3.63) is 70.5 Å². The first kappa shape index (κ1) is 12.5. The molecule has 2 N–H and O–H groups in total. The molecule has 0 aliphatic rings. The average molecular weight is 243 g/mol. The van der Waals surface area contributed by atoms with Crippen molar-refractivity contribution in [3.63, 3.8) is 0 Å². The van der Waals surface area contributed by atoms with E-state index in [-0.39, 0.29) is 5.78 Å². The molecule has 0 amide bonds. The smallest absolute Gasteiger partial charge is 0.193 e. The third kappa shape index (κ3) is 2.46. The van der Waals surface area contributed by atoms with Crippen molar-refractivity contribution in [2.24, 2.45) is 5.73 Å². The number of nitrogens with two attached hydrogens (primary N) is 1. The highest BCUT2D eigenvalue weighted by atomic mass is 19.1. The van der Waals surface area contributed by atoms with Crippen LogP contribution in [-0.2, 0) is 6.54 Å². The van der Waals surface area contributed by atoms with Gasteiger partial charge in [0.1, 0.15) is 5.82 Å². The predicted molar refractivity (Wildman–Crippen MR) is 68.9 cm³/mol. The summed E-state index contributed by atoms with van der Waals surface area (Å²) in [6, 6.07) is 11.3. The minimum absolute atomic E-state index is 0.171. The molecule has 0 atom stereocenters. The van der Waals surface area contributed by atoms with Crippen LogP contribution in [-0.4, -0.2) is 5.78 Å². The summed E-state index contributed by atoms with van der Waals surface area (Å²) in [6.07, 6.45) is 0. The molecule has 0 aliphatic carbocycles. The summed E-state index contributed by atoms with van der Waals surface area (Å²) < 4.78 is 13.2. The number of ketones is 1. The Hall–Kier alpha value is -2.00. The van der Waals surface area contributed by atoms with E-state index >= 15 is 0 Å². The fraction of sp³-hybridized carbons (Fsp3) is 0.133. The highest BCUT2D eigenvalue weighted by Gasteiger charge is 2.12. The Kier molecular flexibility index (Phi) is 3.53. The van der Waals surface area contributed by atoms with E-state index in [1.165, 1.54) is 12.1 Å². The molecule has 0 fully saturated rings. The van der Waals surface area contributed by atoms with E-state index in [0.29, 0.717) is 17.7 Å². The summed E-state index contributed by atoms with van der Waals surface area (Å²) in [4.78, 5) is 12.2. The zero-order valence-corrected chi connectivity index (χ0v) is 10.1. The van der Waals surface area contributed by atoms with Crippen LogP contribution in [0.5, 0.6) is 0 Å².